The molecule has 1 aromatic carbocycles. The third-order valence-corrected chi connectivity index (χ3v) is 4.77. The molecule has 0 saturated carbocycles. The fourth-order valence-corrected chi connectivity index (χ4v) is 3.33. The van der Waals surface area contributed by atoms with Crippen molar-refractivity contribution in [2.45, 2.75) is 39.0 Å². The molecule has 0 spiro atoms. The molecule has 1 heterocycles. The molecular weight excluding hydrogens is 326 g/mol. The van der Waals surface area contributed by atoms with Gasteiger partial charge in [-0.05, 0) is 44.2 Å². The number of hydrogen-bond donors (Lipinski definition) is 1. The van der Waals surface area contributed by atoms with Crippen LogP contribution >= 0.6 is 0 Å². The Balaban J connectivity index is 1.62. The summed E-state index contributed by atoms with van der Waals surface area (Å²) >= 11 is 0. The summed E-state index contributed by atoms with van der Waals surface area (Å²) in [4.78, 5) is 30.4. The molecule has 2 amide bonds. The van der Waals surface area contributed by atoms with Crippen molar-refractivity contribution in [2.24, 2.45) is 0 Å². The van der Waals surface area contributed by atoms with Crippen LogP contribution in [0.2, 0.25) is 0 Å². The maximum Gasteiger partial charge on any atom is 0.244 e. The van der Waals surface area contributed by atoms with Gasteiger partial charge in [-0.1, -0.05) is 29.8 Å². The third kappa shape index (κ3) is 4.69. The molecule has 0 bridgehead atoms. The molecule has 2 aromatic rings. The minimum absolute atomic E-state index is 0.0613. The number of rotatable bonds is 6. The number of nitrogens with one attached hydrogen (secondary N) is 1. The highest BCUT2D eigenvalue weighted by atomic mass is 16.2. The molecule has 1 aromatic heterocycles. The number of carbonyl (C=O) groups is 2. The van der Waals surface area contributed by atoms with E-state index in [4.69, 9.17) is 0 Å². The number of para-hydroxylation sites is 1. The van der Waals surface area contributed by atoms with Crippen molar-refractivity contribution in [3.8, 4) is 0 Å². The predicted octanol–water partition coefficient (Wildman–Crippen LogP) is 3.91. The number of fused-ring (bicyclic) bond motifs is 1. The number of allylic oxidation sites excluding steroid dienone is 1. The van der Waals surface area contributed by atoms with Crippen LogP contribution < -0.4 is 5.32 Å². The minimum Gasteiger partial charge on any atom is -0.333 e. The SMILES string of the molecule is CC(=O)N(CCC1=CCCCC1)CC(=O)Nc1cccc2cccnc12. The third-order valence-electron chi connectivity index (χ3n) is 4.77. The summed E-state index contributed by atoms with van der Waals surface area (Å²) in [5.41, 5.74) is 2.83. The van der Waals surface area contributed by atoms with Crippen molar-refractivity contribution < 1.29 is 9.59 Å². The van der Waals surface area contributed by atoms with Crippen molar-refractivity contribution in [1.29, 1.82) is 0 Å². The first-order valence-corrected chi connectivity index (χ1v) is 9.20. The summed E-state index contributed by atoms with van der Waals surface area (Å²) in [7, 11) is 0. The van der Waals surface area contributed by atoms with Gasteiger partial charge in [0.1, 0.15) is 0 Å². The van der Waals surface area contributed by atoms with Crippen LogP contribution in [0.5, 0.6) is 0 Å². The average molecular weight is 351 g/mol. The van der Waals surface area contributed by atoms with Gasteiger partial charge in [0, 0.05) is 25.1 Å². The number of anilines is 1. The summed E-state index contributed by atoms with van der Waals surface area (Å²) in [5, 5.41) is 3.87. The Hall–Kier alpha value is -2.69. The monoisotopic (exact) mass is 351 g/mol. The topological polar surface area (TPSA) is 62.3 Å². The molecule has 0 unspecified atom stereocenters. The predicted molar refractivity (Wildman–Crippen MR) is 104 cm³/mol. The van der Waals surface area contributed by atoms with Crippen LogP contribution in [0.3, 0.4) is 0 Å². The summed E-state index contributed by atoms with van der Waals surface area (Å²) < 4.78 is 0. The Bertz CT molecular complexity index is 824. The van der Waals surface area contributed by atoms with E-state index < -0.39 is 0 Å². The Labute approximate surface area is 154 Å². The largest absolute Gasteiger partial charge is 0.333 e. The number of amides is 2. The van der Waals surface area contributed by atoms with E-state index in [0.717, 1.165) is 30.2 Å². The Morgan fingerprint density at radius 2 is 2.04 bits per heavy atom. The van der Waals surface area contributed by atoms with Crippen LogP contribution in [0.4, 0.5) is 5.69 Å². The van der Waals surface area contributed by atoms with Gasteiger partial charge >= 0.3 is 0 Å². The number of carbonyl (C=O) groups excluding carboxylic acids is 2. The molecule has 1 aliphatic carbocycles. The normalized spacial score (nSPS) is 14.0. The highest BCUT2D eigenvalue weighted by molar-refractivity contribution is 6.01. The first-order valence-electron chi connectivity index (χ1n) is 9.20. The average Bonchev–Trinajstić information content (AvgIpc) is 2.66. The van der Waals surface area contributed by atoms with E-state index >= 15 is 0 Å². The first kappa shape index (κ1) is 18.1. The zero-order valence-electron chi connectivity index (χ0n) is 15.2. The van der Waals surface area contributed by atoms with Crippen molar-refractivity contribution >= 4 is 28.4 Å². The van der Waals surface area contributed by atoms with Gasteiger partial charge in [0.15, 0.2) is 0 Å². The Morgan fingerprint density at radius 1 is 1.19 bits per heavy atom. The lowest BCUT2D eigenvalue weighted by Gasteiger charge is -2.22. The maximum absolute atomic E-state index is 12.5. The lowest BCUT2D eigenvalue weighted by Crippen LogP contribution is -2.37. The van der Waals surface area contributed by atoms with E-state index in [0.29, 0.717) is 12.2 Å². The molecule has 1 aliphatic rings. The van der Waals surface area contributed by atoms with Crippen molar-refractivity contribution in [3.63, 3.8) is 0 Å². The Kier molecular flexibility index (Phi) is 6.00. The van der Waals surface area contributed by atoms with Crippen molar-refractivity contribution in [3.05, 3.63) is 48.2 Å². The van der Waals surface area contributed by atoms with Gasteiger partial charge in [0.05, 0.1) is 17.7 Å². The van der Waals surface area contributed by atoms with Crippen molar-refractivity contribution in [1.82, 2.24) is 9.88 Å². The second-order valence-corrected chi connectivity index (χ2v) is 6.73. The maximum atomic E-state index is 12.5. The molecule has 0 aliphatic heterocycles. The highest BCUT2D eigenvalue weighted by Crippen LogP contribution is 2.21. The summed E-state index contributed by atoms with van der Waals surface area (Å²) in [6.07, 6.45) is 9.55. The first-order chi connectivity index (χ1) is 12.6. The fourth-order valence-electron chi connectivity index (χ4n) is 3.33. The van der Waals surface area contributed by atoms with Crippen molar-refractivity contribution in [2.75, 3.05) is 18.4 Å². The molecule has 0 saturated heterocycles. The molecule has 26 heavy (non-hydrogen) atoms. The lowest BCUT2D eigenvalue weighted by atomic mass is 9.97. The zero-order chi connectivity index (χ0) is 18.4. The quantitative estimate of drug-likeness (QED) is 0.803. The van der Waals surface area contributed by atoms with E-state index in [2.05, 4.69) is 16.4 Å². The highest BCUT2D eigenvalue weighted by Gasteiger charge is 2.15. The Morgan fingerprint density at radius 3 is 2.81 bits per heavy atom. The molecule has 5 nitrogen and oxygen atoms in total. The molecular formula is C21H25N3O2. The van der Waals surface area contributed by atoms with Crippen LogP contribution in [-0.4, -0.2) is 34.8 Å². The van der Waals surface area contributed by atoms with Crippen LogP contribution in [0.1, 0.15) is 39.0 Å². The number of hydrogen-bond acceptors (Lipinski definition) is 3. The summed E-state index contributed by atoms with van der Waals surface area (Å²) in [6.45, 7) is 2.16. The molecule has 1 N–H and O–H groups in total. The van der Waals surface area contributed by atoms with Crippen LogP contribution in [0.15, 0.2) is 48.2 Å². The van der Waals surface area contributed by atoms with Gasteiger partial charge in [0.25, 0.3) is 0 Å². The molecule has 3 rings (SSSR count). The molecule has 136 valence electrons. The van der Waals surface area contributed by atoms with Crippen LogP contribution in [0, 0.1) is 0 Å². The van der Waals surface area contributed by atoms with Gasteiger partial charge in [0.2, 0.25) is 11.8 Å². The van der Waals surface area contributed by atoms with Gasteiger partial charge < -0.3 is 10.2 Å². The zero-order valence-corrected chi connectivity index (χ0v) is 15.2. The minimum atomic E-state index is -0.198. The number of pyridine rings is 1. The van der Waals surface area contributed by atoms with Crippen LogP contribution in [0.25, 0.3) is 10.9 Å². The van der Waals surface area contributed by atoms with E-state index in [1.807, 2.05) is 30.3 Å². The summed E-state index contributed by atoms with van der Waals surface area (Å²) in [5.74, 6) is -0.274. The second kappa shape index (κ2) is 8.61. The summed E-state index contributed by atoms with van der Waals surface area (Å²) in [6, 6.07) is 9.50. The number of nitrogens with zero attached hydrogens (tertiary/aromatic N) is 2. The smallest absolute Gasteiger partial charge is 0.244 e. The van der Waals surface area contributed by atoms with E-state index in [1.165, 1.54) is 25.3 Å². The molecule has 0 radical (unpaired) electrons. The van der Waals surface area contributed by atoms with Gasteiger partial charge in [-0.15, -0.1) is 0 Å². The van der Waals surface area contributed by atoms with Gasteiger partial charge in [-0.25, -0.2) is 0 Å². The molecule has 0 fully saturated rings. The molecule has 0 atom stereocenters. The lowest BCUT2D eigenvalue weighted by molar-refractivity contribution is -0.132. The molecule has 5 heteroatoms. The standard InChI is InChI=1S/C21H25N3O2/c1-16(25)24(14-12-17-7-3-2-4-8-17)15-20(26)23-19-11-5-9-18-10-6-13-22-21(18)19/h5-7,9-11,13H,2-4,8,12,14-15H2,1H3,(H,23,26). The van der Waals surface area contributed by atoms with E-state index in [1.54, 1.807) is 11.1 Å². The van der Waals surface area contributed by atoms with Crippen LogP contribution in [-0.2, 0) is 9.59 Å². The van der Waals surface area contributed by atoms with E-state index in [9.17, 15) is 9.59 Å². The number of aromatic nitrogens is 1. The second-order valence-electron chi connectivity index (χ2n) is 6.73. The number of benzene rings is 1. The van der Waals surface area contributed by atoms with Gasteiger partial charge in [-0.2, -0.15) is 0 Å². The fraction of sp³-hybridized carbons (Fsp3) is 0.381. The van der Waals surface area contributed by atoms with E-state index in [-0.39, 0.29) is 18.4 Å². The van der Waals surface area contributed by atoms with Gasteiger partial charge in [-0.3, -0.25) is 14.6 Å².